The number of pyridine rings is 8. The third-order valence-electron chi connectivity index (χ3n) is 31.9. The Bertz CT molecular complexity index is 10900. The van der Waals surface area contributed by atoms with Crippen LogP contribution in [-0.2, 0) is 0 Å². The standard InChI is InChI=1S/C44H26N2.C34H22N2.2C32H18N2/c1-3-10-27(11-4-1)30-17-19-32-35(24-30)38(41-22-18-29-14-7-8-16-40(29)46-41)25-37-33-21-20-31(28-12-5-2-6-13-28)42-34-15-9-23-45-44(34)39(43(33)42)26-36(32)37;1-19-9-12-22-25(16-19)28(31-14-11-21-6-3-4-8-30(21)36-31)17-27-23-13-10-20(2)32-24-7-5-15-35-34(24)29(33(23)32)18-26(22)27;1-4-13-29-19(7-1)14-15-30(34-29)27-17-26-23-11-5-10-22-24-12-6-16-33-32(24)28(31(22)23)18-25(26)20-8-2-3-9-21(20)27;1-4-13-30-19(7-1)15-20(18-34-30)26-16-28-24-11-5-10-23-25-12-6-14-33-32(25)29(31(23)24)17-27(28)22-9-3-2-8-21(22)26/h1-26H;3-18H,1-2H3;2*1-18H. The summed E-state index contributed by atoms with van der Waals surface area (Å²) in [6, 6.07) is 159. The van der Waals surface area contributed by atoms with Gasteiger partial charge in [-0.1, -0.05) is 321 Å². The van der Waals surface area contributed by atoms with E-state index in [2.05, 4.69) is 432 Å². The zero-order valence-electron chi connectivity index (χ0n) is 81.6. The summed E-state index contributed by atoms with van der Waals surface area (Å²) in [5.74, 6) is 0. The molecule has 692 valence electrons. The van der Waals surface area contributed by atoms with Gasteiger partial charge in [-0.15, -0.1) is 0 Å². The van der Waals surface area contributed by atoms with Gasteiger partial charge in [-0.3, -0.25) is 24.9 Å². The molecule has 4 aliphatic rings. The van der Waals surface area contributed by atoms with Gasteiger partial charge in [0.1, 0.15) is 0 Å². The Morgan fingerprint density at radius 1 is 0.153 bits per heavy atom. The first kappa shape index (κ1) is 84.7. The van der Waals surface area contributed by atoms with Crippen LogP contribution >= 0.6 is 0 Å². The molecule has 0 unspecified atom stereocenters. The van der Waals surface area contributed by atoms with Gasteiger partial charge in [0.05, 0.1) is 61.9 Å². The molecule has 0 radical (unpaired) electrons. The van der Waals surface area contributed by atoms with Gasteiger partial charge in [0.25, 0.3) is 0 Å². The van der Waals surface area contributed by atoms with Crippen molar-refractivity contribution in [3.8, 4) is 157 Å². The van der Waals surface area contributed by atoms with Crippen LogP contribution in [0.4, 0.5) is 0 Å². The molecule has 4 aliphatic carbocycles. The molecule has 22 aromatic carbocycles. The fourth-order valence-corrected chi connectivity index (χ4v) is 25.2. The Morgan fingerprint density at radius 3 is 1.03 bits per heavy atom. The average Bonchev–Trinajstić information content (AvgIpc) is 1.53. The monoisotopic (exact) mass is 1900 g/mol. The molecule has 0 fully saturated rings. The highest BCUT2D eigenvalue weighted by Crippen LogP contribution is 2.58. The second-order valence-electron chi connectivity index (χ2n) is 40.1. The van der Waals surface area contributed by atoms with Crippen LogP contribution in [0.1, 0.15) is 11.1 Å². The van der Waals surface area contributed by atoms with Gasteiger partial charge in [0.2, 0.25) is 0 Å². The van der Waals surface area contributed by atoms with Gasteiger partial charge in [-0.05, 0) is 315 Å². The van der Waals surface area contributed by atoms with Crippen molar-refractivity contribution in [1.82, 2.24) is 39.9 Å². The molecule has 0 N–H and O–H groups in total. The van der Waals surface area contributed by atoms with E-state index < -0.39 is 0 Å². The summed E-state index contributed by atoms with van der Waals surface area (Å²) >= 11 is 0. The van der Waals surface area contributed by atoms with Gasteiger partial charge in [-0.25, -0.2) is 15.0 Å². The average molecular weight is 1900 g/mol. The lowest BCUT2D eigenvalue weighted by molar-refractivity contribution is 1.34. The molecule has 0 saturated carbocycles. The van der Waals surface area contributed by atoms with Crippen molar-refractivity contribution in [3.05, 3.63) is 485 Å². The number of rotatable bonds is 6. The summed E-state index contributed by atoms with van der Waals surface area (Å²) in [6.07, 6.45) is 9.63. The summed E-state index contributed by atoms with van der Waals surface area (Å²) in [6.45, 7) is 4.37. The Hall–Kier alpha value is -19.8. The molecule has 150 heavy (non-hydrogen) atoms. The number of benzene rings is 22. The first-order valence-electron chi connectivity index (χ1n) is 51.4. The van der Waals surface area contributed by atoms with Gasteiger partial charge in [0.15, 0.2) is 0 Å². The van der Waals surface area contributed by atoms with E-state index in [1.165, 1.54) is 246 Å². The number of nitrogens with zero attached hydrogens (tertiary/aromatic N) is 8. The fraction of sp³-hybridized carbons (Fsp3) is 0.0141. The van der Waals surface area contributed by atoms with Crippen molar-refractivity contribution in [1.29, 1.82) is 0 Å². The first-order chi connectivity index (χ1) is 74.2. The number of aryl methyl sites for hydroxylation is 2. The van der Waals surface area contributed by atoms with E-state index in [9.17, 15) is 0 Å². The van der Waals surface area contributed by atoms with Crippen molar-refractivity contribution in [2.24, 2.45) is 0 Å². The highest BCUT2D eigenvalue weighted by molar-refractivity contribution is 6.34. The number of hydrogen-bond donors (Lipinski definition) is 0. The second kappa shape index (κ2) is 33.4. The van der Waals surface area contributed by atoms with Crippen LogP contribution in [-0.4, -0.2) is 39.9 Å². The van der Waals surface area contributed by atoms with Crippen LogP contribution in [0, 0.1) is 13.8 Å². The molecule has 0 bridgehead atoms. The molecule has 30 aromatic rings. The molecular formula is C142H84N8. The maximum Gasteiger partial charge on any atom is 0.0787 e. The van der Waals surface area contributed by atoms with E-state index in [1.54, 1.807) is 0 Å². The Kier molecular flexibility index (Phi) is 18.8. The van der Waals surface area contributed by atoms with Crippen molar-refractivity contribution in [2.45, 2.75) is 13.8 Å². The lowest BCUT2D eigenvalue weighted by atomic mass is 9.87. The zero-order valence-corrected chi connectivity index (χ0v) is 81.6. The molecule has 34 rings (SSSR count). The third kappa shape index (κ3) is 13.1. The van der Waals surface area contributed by atoms with E-state index in [0.717, 1.165) is 94.6 Å². The van der Waals surface area contributed by atoms with Crippen LogP contribution in [0.3, 0.4) is 0 Å². The minimum atomic E-state index is 0.981. The highest BCUT2D eigenvalue weighted by atomic mass is 14.7. The number of fused-ring (bicyclic) bond motifs is 32. The number of hydrogen-bond acceptors (Lipinski definition) is 8. The maximum atomic E-state index is 5.21. The zero-order chi connectivity index (χ0) is 98.6. The molecule has 0 spiro atoms. The van der Waals surface area contributed by atoms with Crippen molar-refractivity contribution >= 4 is 173 Å². The summed E-state index contributed by atoms with van der Waals surface area (Å²) in [7, 11) is 0. The summed E-state index contributed by atoms with van der Waals surface area (Å²) in [5.41, 5.74) is 39.6. The normalized spacial score (nSPS) is 12.1. The summed E-state index contributed by atoms with van der Waals surface area (Å²) < 4.78 is 0. The quantitative estimate of drug-likeness (QED) is 0.152. The van der Waals surface area contributed by atoms with Crippen LogP contribution in [0.5, 0.6) is 0 Å². The SMILES string of the molecule is Cc1ccc2c(c1)c(-c1ccc3ccccc3n1)cc1c3ccc(C)c4c3c(cc21)-c1ncccc1-4.c1ccc(-c2ccc3c(c2)c(-c2ccc4ccccc4n2)cc2c4ccc(-c5ccccc5)c5c4c(cc32)-c2ncccc2-5)cc1.c1cnc2c(c1)-c1cccc3c1c-2cc1c2ccccc2c(-c2ccc4ccccc4n2)cc31.c1cnc2c(c1)-c1cccc3c1c-2cc1c2ccccc2c(-c2cnc4ccccc4c2)cc31. The number of para-hydroxylation sites is 4. The van der Waals surface area contributed by atoms with Crippen molar-refractivity contribution < 1.29 is 0 Å². The molecule has 8 heteroatoms. The van der Waals surface area contributed by atoms with Crippen LogP contribution in [0.15, 0.2) is 474 Å². The predicted octanol–water partition coefficient (Wildman–Crippen LogP) is 37.6. The van der Waals surface area contributed by atoms with E-state index in [-0.39, 0.29) is 0 Å². The molecule has 0 atom stereocenters. The van der Waals surface area contributed by atoms with E-state index in [0.29, 0.717) is 0 Å². The lowest BCUT2D eigenvalue weighted by Crippen LogP contribution is -1.91. The third-order valence-corrected chi connectivity index (χ3v) is 31.9. The molecule has 0 amide bonds. The Labute approximate surface area is 862 Å². The Morgan fingerprint density at radius 2 is 0.507 bits per heavy atom. The smallest absolute Gasteiger partial charge is 0.0787 e. The molecule has 8 aromatic heterocycles. The molecule has 8 heterocycles. The van der Waals surface area contributed by atoms with Gasteiger partial charge < -0.3 is 0 Å². The van der Waals surface area contributed by atoms with Crippen LogP contribution in [0.2, 0.25) is 0 Å². The lowest BCUT2D eigenvalue weighted by Gasteiger charge is -2.16. The van der Waals surface area contributed by atoms with E-state index in [4.69, 9.17) is 39.9 Å². The first-order valence-corrected chi connectivity index (χ1v) is 51.4. The van der Waals surface area contributed by atoms with Crippen molar-refractivity contribution in [2.75, 3.05) is 0 Å². The molecule has 8 nitrogen and oxygen atoms in total. The van der Waals surface area contributed by atoms with Gasteiger partial charge >= 0.3 is 0 Å². The minimum Gasteiger partial charge on any atom is -0.256 e. The van der Waals surface area contributed by atoms with Crippen LogP contribution in [0.25, 0.3) is 330 Å². The molecule has 0 saturated heterocycles. The molecule has 0 aliphatic heterocycles. The topological polar surface area (TPSA) is 103 Å². The second-order valence-corrected chi connectivity index (χ2v) is 40.1. The predicted molar refractivity (Wildman–Crippen MR) is 628 cm³/mol. The van der Waals surface area contributed by atoms with E-state index >= 15 is 0 Å². The summed E-state index contributed by atoms with van der Waals surface area (Å²) in [5, 5.41) is 34.9. The van der Waals surface area contributed by atoms with E-state index in [1.807, 2.05) is 55.2 Å². The van der Waals surface area contributed by atoms with Gasteiger partial charge in [-0.2, -0.15) is 0 Å². The summed E-state index contributed by atoms with van der Waals surface area (Å²) in [4.78, 5) is 39.4. The molecular weight excluding hydrogens is 1820 g/mol. The fourth-order valence-electron chi connectivity index (χ4n) is 25.2. The highest BCUT2D eigenvalue weighted by Gasteiger charge is 2.33. The van der Waals surface area contributed by atoms with Gasteiger partial charge in [0, 0.05) is 130 Å². The minimum absolute atomic E-state index is 0.981. The number of aromatic nitrogens is 8. The van der Waals surface area contributed by atoms with Crippen LogP contribution < -0.4 is 0 Å². The maximum absolute atomic E-state index is 5.21. The largest absolute Gasteiger partial charge is 0.256 e. The Balaban J connectivity index is 0.0000000907. The van der Waals surface area contributed by atoms with Crippen molar-refractivity contribution in [3.63, 3.8) is 0 Å².